The van der Waals surface area contributed by atoms with Crippen molar-refractivity contribution in [2.75, 3.05) is 5.33 Å². The van der Waals surface area contributed by atoms with E-state index in [2.05, 4.69) is 65.0 Å². The predicted octanol–water partition coefficient (Wildman–Crippen LogP) is 7.52. The van der Waals surface area contributed by atoms with E-state index in [0.29, 0.717) is 0 Å². The molecule has 0 aromatic heterocycles. The van der Waals surface area contributed by atoms with Gasteiger partial charge in [0.2, 0.25) is 0 Å². The number of rotatable bonds is 14. The number of halogens is 1. The zero-order chi connectivity index (χ0) is 15.4. The molecule has 0 N–H and O–H groups in total. The maximum atomic E-state index is 3.39. The normalized spacial score (nSPS) is 11.1. The largest absolute Gasteiger partial charge is 0.129 e. The van der Waals surface area contributed by atoms with Crippen LogP contribution in [0.25, 0.3) is 0 Å². The summed E-state index contributed by atoms with van der Waals surface area (Å²) in [6, 6.07) is 0. The van der Waals surface area contributed by atoms with Gasteiger partial charge in [0.15, 0.2) is 0 Å². The Kier molecular flexibility index (Phi) is 19.0. The van der Waals surface area contributed by atoms with Crippen molar-refractivity contribution in [3.05, 3.63) is 42.2 Å². The molecule has 120 valence electrons. The zero-order valence-electron chi connectivity index (χ0n) is 13.8. The molecule has 0 aliphatic rings. The first kappa shape index (κ1) is 20.5. The topological polar surface area (TPSA) is 0 Å². The van der Waals surface area contributed by atoms with Gasteiger partial charge in [-0.2, -0.15) is 0 Å². The number of alkyl halides is 1. The zero-order valence-corrected chi connectivity index (χ0v) is 15.4. The van der Waals surface area contributed by atoms with Crippen molar-refractivity contribution in [2.24, 2.45) is 0 Å². The summed E-state index contributed by atoms with van der Waals surface area (Å²) in [6.07, 6.45) is 27.4. The second-order valence-electron chi connectivity index (χ2n) is 5.38. The van der Waals surface area contributed by atoms with Crippen LogP contribution < -0.4 is 0 Å². The van der Waals surface area contributed by atoms with Crippen molar-refractivity contribution in [3.63, 3.8) is 0 Å². The van der Waals surface area contributed by atoms with Gasteiger partial charge in [-0.15, -0.1) is 5.73 Å². The first-order valence-electron chi connectivity index (χ1n) is 8.67. The van der Waals surface area contributed by atoms with Crippen molar-refractivity contribution in [1.29, 1.82) is 0 Å². The molecular weight excluding hydrogens is 320 g/mol. The molecule has 1 heteroatoms. The Bertz CT molecular complexity index is 306. The predicted molar refractivity (Wildman–Crippen MR) is 101 cm³/mol. The molecule has 0 fully saturated rings. The summed E-state index contributed by atoms with van der Waals surface area (Å²) in [7, 11) is 0. The lowest BCUT2D eigenvalue weighted by atomic mass is 10.1. The fraction of sp³-hybridized carbons (Fsp3) is 0.650. The van der Waals surface area contributed by atoms with E-state index in [-0.39, 0.29) is 0 Å². The molecule has 0 atom stereocenters. The lowest BCUT2D eigenvalue weighted by Gasteiger charge is -1.98. The lowest BCUT2D eigenvalue weighted by Crippen LogP contribution is -1.78. The summed E-state index contributed by atoms with van der Waals surface area (Å²) in [5.74, 6) is 0. The van der Waals surface area contributed by atoms with Crippen LogP contribution in [-0.2, 0) is 0 Å². The summed E-state index contributed by atoms with van der Waals surface area (Å²) in [5.41, 5.74) is 3.18. The van der Waals surface area contributed by atoms with Crippen LogP contribution in [0.5, 0.6) is 0 Å². The summed E-state index contributed by atoms with van der Waals surface area (Å²) in [4.78, 5) is 0. The van der Waals surface area contributed by atoms with Crippen LogP contribution in [0.15, 0.2) is 42.2 Å². The molecule has 0 heterocycles. The molecular formula is C20H33Br. The second kappa shape index (κ2) is 19.5. The van der Waals surface area contributed by atoms with E-state index < -0.39 is 0 Å². The van der Waals surface area contributed by atoms with Gasteiger partial charge in [0.25, 0.3) is 0 Å². The van der Waals surface area contributed by atoms with Gasteiger partial charge in [-0.25, -0.2) is 0 Å². The fourth-order valence-electron chi connectivity index (χ4n) is 2.06. The van der Waals surface area contributed by atoms with Crippen LogP contribution in [0.4, 0.5) is 0 Å². The highest BCUT2D eigenvalue weighted by Crippen LogP contribution is 2.08. The van der Waals surface area contributed by atoms with Gasteiger partial charge in [-0.1, -0.05) is 85.7 Å². The van der Waals surface area contributed by atoms with E-state index in [1.165, 1.54) is 51.4 Å². The van der Waals surface area contributed by atoms with E-state index >= 15 is 0 Å². The van der Waals surface area contributed by atoms with Gasteiger partial charge in [0, 0.05) is 5.33 Å². The van der Waals surface area contributed by atoms with Gasteiger partial charge < -0.3 is 0 Å². The molecule has 0 spiro atoms. The average Bonchev–Trinajstić information content (AvgIpc) is 2.50. The molecule has 0 saturated heterocycles. The summed E-state index contributed by atoms with van der Waals surface area (Å²) < 4.78 is 0. The molecule has 0 saturated carbocycles. The molecule has 0 radical (unpaired) electrons. The standard InChI is InChI=1S/C20H33Br/c1-2-3-4-5-6-7-8-9-10-11-12-13-14-15-16-17-18-19-20-21/h10-11,13-14,16,18H,2-9,12,15,19-20H2,1H3. The minimum Gasteiger partial charge on any atom is -0.129 e. The Hall–Kier alpha value is -0.520. The molecule has 0 aliphatic heterocycles. The highest BCUT2D eigenvalue weighted by Gasteiger charge is 1.88. The third kappa shape index (κ3) is 19.5. The Labute approximate surface area is 141 Å². The number of hydrogen-bond acceptors (Lipinski definition) is 0. The first-order valence-corrected chi connectivity index (χ1v) is 9.79. The van der Waals surface area contributed by atoms with Gasteiger partial charge in [-0.05, 0) is 44.3 Å². The average molecular weight is 353 g/mol. The van der Waals surface area contributed by atoms with Gasteiger partial charge >= 0.3 is 0 Å². The highest BCUT2D eigenvalue weighted by atomic mass is 79.9. The minimum atomic E-state index is 0.990. The van der Waals surface area contributed by atoms with Crippen molar-refractivity contribution >= 4 is 15.9 Å². The molecule has 0 aromatic rings. The van der Waals surface area contributed by atoms with Gasteiger partial charge in [0.05, 0.1) is 0 Å². The Balaban J connectivity index is 3.30. The number of unbranched alkanes of at least 4 members (excludes halogenated alkanes) is 7. The molecule has 0 bridgehead atoms. The molecule has 0 nitrogen and oxygen atoms in total. The van der Waals surface area contributed by atoms with Crippen LogP contribution >= 0.6 is 15.9 Å². The maximum Gasteiger partial charge on any atom is 0.00719 e. The summed E-state index contributed by atoms with van der Waals surface area (Å²) in [6.45, 7) is 2.27. The monoisotopic (exact) mass is 352 g/mol. The van der Waals surface area contributed by atoms with Gasteiger partial charge in [0.1, 0.15) is 0 Å². The fourth-order valence-corrected chi connectivity index (χ4v) is 2.29. The molecule has 0 rings (SSSR count). The van der Waals surface area contributed by atoms with Crippen LogP contribution in [0.3, 0.4) is 0 Å². The molecule has 0 amide bonds. The highest BCUT2D eigenvalue weighted by molar-refractivity contribution is 9.09. The lowest BCUT2D eigenvalue weighted by molar-refractivity contribution is 0.592. The Morgan fingerprint density at radius 3 is 2.14 bits per heavy atom. The number of hydrogen-bond donors (Lipinski definition) is 0. The van der Waals surface area contributed by atoms with E-state index in [0.717, 1.165) is 24.6 Å². The van der Waals surface area contributed by atoms with Crippen molar-refractivity contribution in [3.8, 4) is 0 Å². The van der Waals surface area contributed by atoms with Crippen LogP contribution in [0, 0.1) is 0 Å². The number of allylic oxidation sites excluding steroid dienone is 5. The van der Waals surface area contributed by atoms with Crippen LogP contribution in [-0.4, -0.2) is 5.33 Å². The summed E-state index contributed by atoms with van der Waals surface area (Å²) >= 11 is 3.39. The molecule has 0 aliphatic carbocycles. The van der Waals surface area contributed by atoms with Crippen LogP contribution in [0.2, 0.25) is 0 Å². The quantitative estimate of drug-likeness (QED) is 0.131. The Morgan fingerprint density at radius 1 is 0.714 bits per heavy atom. The molecule has 21 heavy (non-hydrogen) atoms. The third-order valence-corrected chi connectivity index (χ3v) is 3.78. The van der Waals surface area contributed by atoms with Crippen molar-refractivity contribution in [1.82, 2.24) is 0 Å². The van der Waals surface area contributed by atoms with E-state index in [4.69, 9.17) is 0 Å². The van der Waals surface area contributed by atoms with Crippen molar-refractivity contribution in [2.45, 2.75) is 77.6 Å². The minimum absolute atomic E-state index is 0.990. The van der Waals surface area contributed by atoms with Crippen LogP contribution in [0.1, 0.15) is 77.6 Å². The third-order valence-electron chi connectivity index (χ3n) is 3.32. The smallest absolute Gasteiger partial charge is 0.00719 e. The Morgan fingerprint density at radius 2 is 1.38 bits per heavy atom. The van der Waals surface area contributed by atoms with E-state index in [9.17, 15) is 0 Å². The van der Waals surface area contributed by atoms with Gasteiger partial charge in [-0.3, -0.25) is 0 Å². The molecule has 0 unspecified atom stereocenters. The summed E-state index contributed by atoms with van der Waals surface area (Å²) in [5, 5.41) is 1.02. The second-order valence-corrected chi connectivity index (χ2v) is 6.17. The molecule has 0 aromatic carbocycles. The maximum absolute atomic E-state index is 3.39. The van der Waals surface area contributed by atoms with E-state index in [1.807, 2.05) is 0 Å². The first-order chi connectivity index (χ1) is 10.4. The van der Waals surface area contributed by atoms with Crippen molar-refractivity contribution < 1.29 is 0 Å². The SMILES string of the molecule is CCCCCCCCCC=CCC=CCC=C=CCCBr. The van der Waals surface area contributed by atoms with E-state index in [1.54, 1.807) is 0 Å².